The van der Waals surface area contributed by atoms with Crippen LogP contribution in [-0.2, 0) is 0 Å². The molecule has 1 nitrogen and oxygen atoms in total. The molecule has 1 N–H and O–H groups in total. The molecular weight excluding hydrogens is 98.1 g/mol. The van der Waals surface area contributed by atoms with Crippen molar-refractivity contribution in [2.75, 3.05) is 0 Å². The van der Waals surface area contributed by atoms with E-state index in [0.717, 1.165) is 0 Å². The Morgan fingerprint density at radius 1 is 1.75 bits per heavy atom. The van der Waals surface area contributed by atoms with Crippen molar-refractivity contribution < 1.29 is 0 Å². The fourth-order valence-electron chi connectivity index (χ4n) is 0.787. The van der Waals surface area contributed by atoms with Gasteiger partial charge in [-0.25, -0.2) is 0 Å². The van der Waals surface area contributed by atoms with E-state index in [9.17, 15) is 0 Å². The molecule has 1 atom stereocenters. The molecule has 0 aliphatic carbocycles. The lowest BCUT2D eigenvalue weighted by Gasteiger charge is -2.00. The van der Waals surface area contributed by atoms with Gasteiger partial charge in [-0.05, 0) is 19.9 Å². The van der Waals surface area contributed by atoms with Crippen LogP contribution in [0, 0.1) is 0 Å². The van der Waals surface area contributed by atoms with Crippen molar-refractivity contribution in [1.29, 1.82) is 0 Å². The summed E-state index contributed by atoms with van der Waals surface area (Å²) >= 11 is 0. The Morgan fingerprint density at radius 2 is 2.50 bits per heavy atom. The summed E-state index contributed by atoms with van der Waals surface area (Å²) in [4.78, 5) is 0. The lowest BCUT2D eigenvalue weighted by atomic mass is 10.4. The molecule has 0 aromatic carbocycles. The summed E-state index contributed by atoms with van der Waals surface area (Å²) in [6.45, 7) is 4.16. The van der Waals surface area contributed by atoms with Gasteiger partial charge in [-0.15, -0.1) is 0 Å². The molecule has 0 aromatic rings. The first-order valence-electron chi connectivity index (χ1n) is 2.94. The predicted molar refractivity (Wildman–Crippen MR) is 35.5 cm³/mol. The molecule has 0 unspecified atom stereocenters. The molecule has 0 amide bonds. The number of rotatable bonds is 0. The second-order valence-corrected chi connectivity index (χ2v) is 2.04. The number of allylic oxidation sites excluding steroid dienone is 2. The lowest BCUT2D eigenvalue weighted by molar-refractivity contribution is 0.776. The van der Waals surface area contributed by atoms with Gasteiger partial charge in [0.2, 0.25) is 0 Å². The van der Waals surface area contributed by atoms with E-state index in [-0.39, 0.29) is 0 Å². The second-order valence-electron chi connectivity index (χ2n) is 2.04. The Hall–Kier alpha value is -0.720. The van der Waals surface area contributed by atoms with Gasteiger partial charge in [0.15, 0.2) is 0 Å². The highest BCUT2D eigenvalue weighted by Crippen LogP contribution is 2.03. The first-order chi connectivity index (χ1) is 3.83. The molecule has 1 aliphatic heterocycles. The van der Waals surface area contributed by atoms with Crippen LogP contribution in [0.5, 0.6) is 0 Å². The third-order valence-corrected chi connectivity index (χ3v) is 1.27. The molecule has 0 fully saturated rings. The van der Waals surface area contributed by atoms with Gasteiger partial charge >= 0.3 is 0 Å². The van der Waals surface area contributed by atoms with Gasteiger partial charge in [-0.2, -0.15) is 0 Å². The Morgan fingerprint density at radius 3 is 2.75 bits per heavy atom. The predicted octanol–water partition coefficient (Wildman–Crippen LogP) is 1.44. The van der Waals surface area contributed by atoms with Crippen molar-refractivity contribution in [3.63, 3.8) is 0 Å². The van der Waals surface area contributed by atoms with E-state index in [1.165, 1.54) is 5.70 Å². The van der Waals surface area contributed by atoms with Crippen molar-refractivity contribution in [2.24, 2.45) is 0 Å². The van der Waals surface area contributed by atoms with Crippen molar-refractivity contribution in [1.82, 2.24) is 5.32 Å². The summed E-state index contributed by atoms with van der Waals surface area (Å²) in [5, 5.41) is 3.25. The van der Waals surface area contributed by atoms with Crippen molar-refractivity contribution in [2.45, 2.75) is 19.9 Å². The maximum atomic E-state index is 3.25. The summed E-state index contributed by atoms with van der Waals surface area (Å²) in [5.74, 6) is 0. The summed E-state index contributed by atoms with van der Waals surface area (Å²) in [7, 11) is 0. The molecule has 8 heavy (non-hydrogen) atoms. The zero-order valence-electron chi connectivity index (χ0n) is 5.31. The monoisotopic (exact) mass is 109 g/mol. The molecule has 0 aromatic heterocycles. The van der Waals surface area contributed by atoms with Gasteiger partial charge in [0.25, 0.3) is 0 Å². The lowest BCUT2D eigenvalue weighted by Crippen LogP contribution is -2.15. The highest BCUT2D eigenvalue weighted by Gasteiger charge is 2.02. The average molecular weight is 109 g/mol. The molecule has 1 aliphatic rings. The molecule has 1 heterocycles. The largest absolute Gasteiger partial charge is 0.379 e. The van der Waals surface area contributed by atoms with Crippen LogP contribution in [0.15, 0.2) is 23.9 Å². The van der Waals surface area contributed by atoms with Crippen LogP contribution in [0.4, 0.5) is 0 Å². The third kappa shape index (κ3) is 0.915. The van der Waals surface area contributed by atoms with Gasteiger partial charge in [-0.3, -0.25) is 0 Å². The highest BCUT2D eigenvalue weighted by atomic mass is 14.9. The smallest absolute Gasteiger partial charge is 0.0419 e. The van der Waals surface area contributed by atoms with Gasteiger partial charge in [0.05, 0.1) is 0 Å². The maximum absolute atomic E-state index is 3.25. The molecule has 1 rings (SSSR count). The quantitative estimate of drug-likeness (QED) is 0.496. The van der Waals surface area contributed by atoms with Crippen LogP contribution < -0.4 is 5.32 Å². The minimum absolute atomic E-state index is 0.529. The summed E-state index contributed by atoms with van der Waals surface area (Å²) in [6.07, 6.45) is 6.32. The van der Waals surface area contributed by atoms with E-state index in [4.69, 9.17) is 0 Å². The number of hydrogen-bond acceptors (Lipinski definition) is 1. The molecule has 0 saturated carbocycles. The van der Waals surface area contributed by atoms with Crippen LogP contribution in [0.1, 0.15) is 13.8 Å². The van der Waals surface area contributed by atoms with Gasteiger partial charge < -0.3 is 5.32 Å². The molecule has 1 heteroatoms. The summed E-state index contributed by atoms with van der Waals surface area (Å²) < 4.78 is 0. The zero-order chi connectivity index (χ0) is 5.98. The molecule has 0 spiro atoms. The fraction of sp³-hybridized carbons (Fsp3) is 0.429. The Balaban J connectivity index is 2.59. The third-order valence-electron chi connectivity index (χ3n) is 1.27. The highest BCUT2D eigenvalue weighted by molar-refractivity contribution is 5.24. The average Bonchev–Trinajstić information content (AvgIpc) is 2.14. The Labute approximate surface area is 50.1 Å². The van der Waals surface area contributed by atoms with Gasteiger partial charge in [-0.1, -0.05) is 12.2 Å². The van der Waals surface area contributed by atoms with Crippen molar-refractivity contribution in [3.8, 4) is 0 Å². The number of hydrogen-bond donors (Lipinski definition) is 1. The topological polar surface area (TPSA) is 12.0 Å². The zero-order valence-corrected chi connectivity index (χ0v) is 5.31. The van der Waals surface area contributed by atoms with Crippen LogP contribution in [-0.4, -0.2) is 6.04 Å². The Kier molecular flexibility index (Phi) is 1.38. The van der Waals surface area contributed by atoms with Crippen molar-refractivity contribution >= 4 is 0 Å². The normalized spacial score (nSPS) is 31.2. The first-order valence-corrected chi connectivity index (χ1v) is 2.94. The van der Waals surface area contributed by atoms with E-state index >= 15 is 0 Å². The van der Waals surface area contributed by atoms with Crippen molar-refractivity contribution in [3.05, 3.63) is 23.9 Å². The molecule has 44 valence electrons. The van der Waals surface area contributed by atoms with E-state index in [1.807, 2.05) is 6.92 Å². The minimum atomic E-state index is 0.529. The SMILES string of the molecule is CC=C1C=C[C@H](C)N1. The fourth-order valence-corrected chi connectivity index (χ4v) is 0.787. The molecular formula is C7H11N. The molecule has 0 saturated heterocycles. The van der Waals surface area contributed by atoms with Crippen LogP contribution in [0.3, 0.4) is 0 Å². The first kappa shape index (κ1) is 5.42. The van der Waals surface area contributed by atoms with E-state index < -0.39 is 0 Å². The van der Waals surface area contributed by atoms with Gasteiger partial charge in [0.1, 0.15) is 0 Å². The number of nitrogens with one attached hydrogen (secondary N) is 1. The maximum Gasteiger partial charge on any atom is 0.0419 e. The Bertz CT molecular complexity index is 133. The van der Waals surface area contributed by atoms with E-state index in [2.05, 4.69) is 30.5 Å². The van der Waals surface area contributed by atoms with E-state index in [0.29, 0.717) is 6.04 Å². The second kappa shape index (κ2) is 2.03. The van der Waals surface area contributed by atoms with Crippen LogP contribution in [0.2, 0.25) is 0 Å². The molecule has 0 bridgehead atoms. The summed E-state index contributed by atoms with van der Waals surface area (Å²) in [5.41, 5.74) is 1.23. The minimum Gasteiger partial charge on any atom is -0.379 e. The van der Waals surface area contributed by atoms with Gasteiger partial charge in [0, 0.05) is 11.7 Å². The van der Waals surface area contributed by atoms with Crippen LogP contribution >= 0.6 is 0 Å². The van der Waals surface area contributed by atoms with Crippen LogP contribution in [0.25, 0.3) is 0 Å². The standard InChI is InChI=1S/C7H11N/c1-3-7-5-4-6(2)8-7/h3-6,8H,1-2H3/t6-/m0/s1. The van der Waals surface area contributed by atoms with E-state index in [1.54, 1.807) is 0 Å². The molecule has 0 radical (unpaired) electrons. The summed E-state index contributed by atoms with van der Waals surface area (Å²) in [6, 6.07) is 0.529.